The van der Waals surface area contributed by atoms with Gasteiger partial charge in [-0.05, 0) is 25.0 Å². The van der Waals surface area contributed by atoms with E-state index in [4.69, 9.17) is 16.7 Å². The van der Waals surface area contributed by atoms with E-state index < -0.39 is 17.5 Å². The molecule has 0 aliphatic heterocycles. The van der Waals surface area contributed by atoms with Crippen LogP contribution in [0.25, 0.3) is 0 Å². The monoisotopic (exact) mass is 285 g/mol. The molecule has 0 aliphatic rings. The maximum absolute atomic E-state index is 11.7. The molecule has 1 atom stereocenters. The highest BCUT2D eigenvalue weighted by Crippen LogP contribution is 2.20. The van der Waals surface area contributed by atoms with Crippen LogP contribution in [0.1, 0.15) is 18.1 Å². The van der Waals surface area contributed by atoms with Gasteiger partial charge in [0.25, 0.3) is 0 Å². The Morgan fingerprint density at radius 2 is 2.05 bits per heavy atom. The fraction of sp³-hybridized carbons (Fsp3) is 0.385. The highest BCUT2D eigenvalue weighted by molar-refractivity contribution is 6.32. The number of amides is 1. The van der Waals surface area contributed by atoms with Crippen LogP contribution in [0, 0.1) is 6.92 Å². The van der Waals surface area contributed by atoms with Crippen molar-refractivity contribution in [1.82, 2.24) is 5.32 Å². The van der Waals surface area contributed by atoms with Crippen LogP contribution in [0.4, 0.5) is 0 Å². The highest BCUT2D eigenvalue weighted by Gasteiger charge is 2.30. The Bertz CT molecular complexity index is 499. The van der Waals surface area contributed by atoms with Gasteiger partial charge in [0.2, 0.25) is 5.91 Å². The van der Waals surface area contributed by atoms with Crippen molar-refractivity contribution in [3.8, 4) is 0 Å². The first-order chi connectivity index (χ1) is 8.74. The van der Waals surface area contributed by atoms with Crippen molar-refractivity contribution < 1.29 is 19.8 Å². The summed E-state index contributed by atoms with van der Waals surface area (Å²) in [7, 11) is 0. The minimum atomic E-state index is -1.98. The van der Waals surface area contributed by atoms with Gasteiger partial charge in [-0.2, -0.15) is 0 Å². The van der Waals surface area contributed by atoms with Crippen LogP contribution in [0.3, 0.4) is 0 Å². The van der Waals surface area contributed by atoms with Crippen molar-refractivity contribution in [3.05, 3.63) is 34.3 Å². The van der Waals surface area contributed by atoms with E-state index in [1.807, 2.05) is 13.0 Å². The summed E-state index contributed by atoms with van der Waals surface area (Å²) in [4.78, 5) is 22.3. The van der Waals surface area contributed by atoms with Crippen LogP contribution >= 0.6 is 11.6 Å². The molecule has 0 spiro atoms. The zero-order chi connectivity index (χ0) is 14.6. The second-order valence-electron chi connectivity index (χ2n) is 4.58. The number of aliphatic hydroxyl groups is 1. The van der Waals surface area contributed by atoms with Gasteiger partial charge in [-0.3, -0.25) is 4.79 Å². The fourth-order valence-electron chi connectivity index (χ4n) is 1.43. The number of hydrogen-bond donors (Lipinski definition) is 3. The summed E-state index contributed by atoms with van der Waals surface area (Å²) in [5.74, 6) is -1.78. The van der Waals surface area contributed by atoms with E-state index in [9.17, 15) is 14.7 Å². The summed E-state index contributed by atoms with van der Waals surface area (Å²) < 4.78 is 0. The van der Waals surface area contributed by atoms with Crippen molar-refractivity contribution in [2.45, 2.75) is 25.9 Å². The Morgan fingerprint density at radius 1 is 1.42 bits per heavy atom. The molecule has 19 heavy (non-hydrogen) atoms. The first kappa shape index (κ1) is 15.5. The molecule has 0 aromatic heterocycles. The standard InChI is InChI=1S/C13H16ClNO4/c1-8-4-3-5-9(11(8)14)6-10(16)15-7-13(2,19)12(17)18/h3-5,19H,6-7H2,1-2H3,(H,15,16)(H,17,18). The van der Waals surface area contributed by atoms with Gasteiger partial charge in [-0.1, -0.05) is 29.8 Å². The van der Waals surface area contributed by atoms with Gasteiger partial charge in [0.1, 0.15) is 0 Å². The predicted octanol–water partition coefficient (Wildman–Crippen LogP) is 1.14. The molecule has 0 bridgehead atoms. The molecule has 0 saturated heterocycles. The largest absolute Gasteiger partial charge is 0.479 e. The number of aliphatic carboxylic acids is 1. The molecule has 0 radical (unpaired) electrons. The predicted molar refractivity (Wildman–Crippen MR) is 71.2 cm³/mol. The Balaban J connectivity index is 2.62. The number of carboxylic acids is 1. The van der Waals surface area contributed by atoms with Gasteiger partial charge in [0.15, 0.2) is 5.60 Å². The Morgan fingerprint density at radius 3 is 2.63 bits per heavy atom. The van der Waals surface area contributed by atoms with Gasteiger partial charge < -0.3 is 15.5 Å². The number of carboxylic acid groups (broad SMARTS) is 1. The van der Waals surface area contributed by atoms with Crippen molar-refractivity contribution in [1.29, 1.82) is 0 Å². The number of nitrogens with one attached hydrogen (secondary N) is 1. The Labute approximate surface area is 116 Å². The van der Waals surface area contributed by atoms with E-state index >= 15 is 0 Å². The van der Waals surface area contributed by atoms with Crippen LogP contribution in [0.5, 0.6) is 0 Å². The molecule has 0 heterocycles. The molecular formula is C13H16ClNO4. The van der Waals surface area contributed by atoms with Gasteiger partial charge in [0.05, 0.1) is 13.0 Å². The molecule has 0 saturated carbocycles. The molecule has 1 rings (SSSR count). The van der Waals surface area contributed by atoms with Crippen molar-refractivity contribution in [3.63, 3.8) is 0 Å². The van der Waals surface area contributed by atoms with Gasteiger partial charge >= 0.3 is 5.97 Å². The molecular weight excluding hydrogens is 270 g/mol. The fourth-order valence-corrected chi connectivity index (χ4v) is 1.62. The van der Waals surface area contributed by atoms with E-state index in [1.54, 1.807) is 12.1 Å². The van der Waals surface area contributed by atoms with E-state index in [0.29, 0.717) is 10.6 Å². The average Bonchev–Trinajstić information content (AvgIpc) is 2.32. The summed E-state index contributed by atoms with van der Waals surface area (Å²) >= 11 is 6.05. The zero-order valence-electron chi connectivity index (χ0n) is 10.7. The molecule has 104 valence electrons. The van der Waals surface area contributed by atoms with Crippen molar-refractivity contribution >= 4 is 23.5 Å². The first-order valence-electron chi connectivity index (χ1n) is 5.70. The molecule has 0 fully saturated rings. The number of benzene rings is 1. The van der Waals surface area contributed by atoms with Gasteiger partial charge in [-0.15, -0.1) is 0 Å². The van der Waals surface area contributed by atoms with Crippen molar-refractivity contribution in [2.24, 2.45) is 0 Å². The normalized spacial score (nSPS) is 13.7. The number of carbonyl (C=O) groups is 2. The SMILES string of the molecule is Cc1cccc(CC(=O)NCC(C)(O)C(=O)O)c1Cl. The maximum atomic E-state index is 11.7. The molecule has 6 heteroatoms. The van der Waals surface area contributed by atoms with Crippen molar-refractivity contribution in [2.75, 3.05) is 6.54 Å². The Kier molecular flexibility index (Phi) is 4.91. The van der Waals surface area contributed by atoms with E-state index in [1.165, 1.54) is 0 Å². The van der Waals surface area contributed by atoms with Crippen LogP contribution in [-0.4, -0.2) is 34.2 Å². The van der Waals surface area contributed by atoms with Crippen LogP contribution in [0.15, 0.2) is 18.2 Å². The van der Waals surface area contributed by atoms with E-state index in [0.717, 1.165) is 12.5 Å². The maximum Gasteiger partial charge on any atom is 0.337 e. The number of rotatable bonds is 5. The third kappa shape index (κ3) is 4.22. The summed E-state index contributed by atoms with van der Waals surface area (Å²) in [5, 5.41) is 21.1. The van der Waals surface area contributed by atoms with Gasteiger partial charge in [0, 0.05) is 5.02 Å². The number of hydrogen-bond acceptors (Lipinski definition) is 3. The molecule has 1 aromatic carbocycles. The molecule has 1 aromatic rings. The van der Waals surface area contributed by atoms with Crippen LogP contribution in [0.2, 0.25) is 5.02 Å². The third-order valence-corrected chi connectivity index (χ3v) is 3.25. The Hall–Kier alpha value is -1.59. The summed E-state index contributed by atoms with van der Waals surface area (Å²) in [5.41, 5.74) is -0.454. The van der Waals surface area contributed by atoms with Gasteiger partial charge in [-0.25, -0.2) is 4.79 Å². The van der Waals surface area contributed by atoms with Crippen LogP contribution < -0.4 is 5.32 Å². The number of aryl methyl sites for hydroxylation is 1. The topological polar surface area (TPSA) is 86.6 Å². The number of carbonyl (C=O) groups excluding carboxylic acids is 1. The molecule has 5 nitrogen and oxygen atoms in total. The summed E-state index contributed by atoms with van der Waals surface area (Å²) in [6, 6.07) is 5.35. The van der Waals surface area contributed by atoms with E-state index in [2.05, 4.69) is 5.32 Å². The lowest BCUT2D eigenvalue weighted by Crippen LogP contribution is -2.46. The first-order valence-corrected chi connectivity index (χ1v) is 6.08. The summed E-state index contributed by atoms with van der Waals surface area (Å²) in [6.45, 7) is 2.60. The second kappa shape index (κ2) is 6.04. The zero-order valence-corrected chi connectivity index (χ0v) is 11.5. The molecule has 0 aliphatic carbocycles. The third-order valence-electron chi connectivity index (χ3n) is 2.71. The van der Waals surface area contributed by atoms with E-state index in [-0.39, 0.29) is 13.0 Å². The minimum absolute atomic E-state index is 0.0379. The second-order valence-corrected chi connectivity index (χ2v) is 4.96. The average molecular weight is 286 g/mol. The highest BCUT2D eigenvalue weighted by atomic mass is 35.5. The summed E-state index contributed by atoms with van der Waals surface area (Å²) in [6.07, 6.45) is 0.0379. The number of halogens is 1. The minimum Gasteiger partial charge on any atom is -0.479 e. The molecule has 1 amide bonds. The lowest BCUT2D eigenvalue weighted by atomic mass is 10.1. The van der Waals surface area contributed by atoms with Crippen LogP contribution in [-0.2, 0) is 16.0 Å². The lowest BCUT2D eigenvalue weighted by molar-refractivity contribution is -0.156. The smallest absolute Gasteiger partial charge is 0.337 e. The lowest BCUT2D eigenvalue weighted by Gasteiger charge is -2.18. The molecule has 3 N–H and O–H groups in total. The molecule has 1 unspecified atom stereocenters. The quantitative estimate of drug-likeness (QED) is 0.757.